The van der Waals surface area contributed by atoms with Gasteiger partial charge in [-0.1, -0.05) is 154 Å². The van der Waals surface area contributed by atoms with Gasteiger partial charge in [-0.15, -0.1) is 11.8 Å². The van der Waals surface area contributed by atoms with E-state index in [1.807, 2.05) is 42.1 Å². The van der Waals surface area contributed by atoms with Crippen LogP contribution in [-0.4, -0.2) is 18.1 Å². The SMILES string of the molecule is CCCCCCCCCCCCCCCCCCCCCOc1ccc(C(=O)/C=C/c2ccc(SCCCC)cc2)cc1. The highest BCUT2D eigenvalue weighted by Gasteiger charge is 2.03. The monoisotopic (exact) mass is 606 g/mol. The molecule has 0 bridgehead atoms. The van der Waals surface area contributed by atoms with E-state index in [0.29, 0.717) is 5.56 Å². The van der Waals surface area contributed by atoms with Crippen molar-refractivity contribution in [2.24, 2.45) is 0 Å². The molecule has 0 saturated heterocycles. The Balaban J connectivity index is 1.41. The molecule has 0 aliphatic carbocycles. The molecule has 0 aromatic heterocycles. The summed E-state index contributed by atoms with van der Waals surface area (Å²) in [5.74, 6) is 2.02. The summed E-state index contributed by atoms with van der Waals surface area (Å²) >= 11 is 1.89. The van der Waals surface area contributed by atoms with E-state index in [-0.39, 0.29) is 5.78 Å². The Bertz CT molecular complexity index is 947. The van der Waals surface area contributed by atoms with Gasteiger partial charge in [-0.3, -0.25) is 4.79 Å². The van der Waals surface area contributed by atoms with Crippen molar-refractivity contribution in [3.8, 4) is 5.75 Å². The molecule has 0 amide bonds. The Hall–Kier alpha value is -2.00. The van der Waals surface area contributed by atoms with Crippen molar-refractivity contribution < 1.29 is 9.53 Å². The van der Waals surface area contributed by atoms with Crippen molar-refractivity contribution in [1.82, 2.24) is 0 Å². The summed E-state index contributed by atoms with van der Waals surface area (Å²) in [6, 6.07) is 16.0. The van der Waals surface area contributed by atoms with E-state index in [4.69, 9.17) is 4.74 Å². The third-order valence-corrected chi connectivity index (χ3v) is 9.33. The van der Waals surface area contributed by atoms with E-state index in [9.17, 15) is 4.79 Å². The lowest BCUT2D eigenvalue weighted by atomic mass is 10.0. The van der Waals surface area contributed by atoms with Crippen LogP contribution in [0.2, 0.25) is 0 Å². The van der Waals surface area contributed by atoms with Gasteiger partial charge in [0.15, 0.2) is 5.78 Å². The van der Waals surface area contributed by atoms with Crippen LogP contribution in [0.1, 0.15) is 165 Å². The zero-order valence-corrected chi connectivity index (χ0v) is 28.6. The van der Waals surface area contributed by atoms with E-state index in [1.54, 1.807) is 6.08 Å². The molecule has 0 radical (unpaired) electrons. The fourth-order valence-electron chi connectivity index (χ4n) is 5.36. The minimum atomic E-state index is 0.0201. The molecule has 2 aromatic carbocycles. The highest BCUT2D eigenvalue weighted by molar-refractivity contribution is 7.99. The maximum atomic E-state index is 12.6. The number of unbranched alkanes of at least 4 members (excludes halogenated alkanes) is 19. The van der Waals surface area contributed by atoms with Crippen molar-refractivity contribution in [1.29, 1.82) is 0 Å². The number of hydrogen-bond acceptors (Lipinski definition) is 3. The van der Waals surface area contributed by atoms with Crippen LogP contribution in [-0.2, 0) is 0 Å². The van der Waals surface area contributed by atoms with Gasteiger partial charge >= 0.3 is 0 Å². The van der Waals surface area contributed by atoms with Crippen molar-refractivity contribution in [2.75, 3.05) is 12.4 Å². The summed E-state index contributed by atoms with van der Waals surface area (Å²) in [5.41, 5.74) is 1.74. The second-order valence-corrected chi connectivity index (χ2v) is 13.4. The Labute approximate surface area is 269 Å². The number of thioether (sulfide) groups is 1. The molecule has 43 heavy (non-hydrogen) atoms. The first-order valence-corrected chi connectivity index (χ1v) is 18.9. The van der Waals surface area contributed by atoms with Crippen LogP contribution in [0.4, 0.5) is 0 Å². The number of rotatable bonds is 28. The van der Waals surface area contributed by atoms with E-state index in [1.165, 1.54) is 133 Å². The van der Waals surface area contributed by atoms with Crippen LogP contribution in [0.5, 0.6) is 5.75 Å². The standard InChI is InChI=1S/C40H62O2S/c1-3-5-7-8-9-10-11-12-13-14-15-16-17-18-19-20-21-22-23-34-42-38-29-27-37(28-30-38)40(41)33-26-36-24-31-39(32-25-36)43-35-6-4-2/h24-33H,3-23,34-35H2,1-2H3/b33-26+. The number of benzene rings is 2. The molecule has 0 fully saturated rings. The van der Waals surface area contributed by atoms with E-state index >= 15 is 0 Å². The fraction of sp³-hybridized carbons (Fsp3) is 0.625. The number of ether oxygens (including phenoxy) is 1. The van der Waals surface area contributed by atoms with Gasteiger partial charge in [-0.2, -0.15) is 0 Å². The van der Waals surface area contributed by atoms with Crippen LogP contribution >= 0.6 is 11.8 Å². The molecule has 2 aromatic rings. The van der Waals surface area contributed by atoms with Crippen molar-refractivity contribution >= 4 is 23.6 Å². The Morgan fingerprint density at radius 3 is 1.53 bits per heavy atom. The van der Waals surface area contributed by atoms with Crippen LogP contribution < -0.4 is 4.74 Å². The van der Waals surface area contributed by atoms with Gasteiger partial charge in [0.05, 0.1) is 6.61 Å². The predicted molar refractivity (Wildman–Crippen MR) is 191 cm³/mol. The molecular formula is C40H62O2S. The molecule has 0 N–H and O–H groups in total. The lowest BCUT2D eigenvalue weighted by Gasteiger charge is -2.07. The second kappa shape index (κ2) is 26.4. The Kier molecular flexibility index (Phi) is 22.8. The van der Waals surface area contributed by atoms with Crippen molar-refractivity contribution in [2.45, 2.75) is 154 Å². The molecule has 0 atom stereocenters. The molecule has 0 aliphatic rings. The molecular weight excluding hydrogens is 545 g/mol. The Morgan fingerprint density at radius 2 is 1.05 bits per heavy atom. The molecule has 2 rings (SSSR count). The third-order valence-electron chi connectivity index (χ3n) is 8.23. The molecule has 2 nitrogen and oxygen atoms in total. The molecule has 0 heterocycles. The molecule has 0 aliphatic heterocycles. The van der Waals surface area contributed by atoms with E-state index in [0.717, 1.165) is 30.1 Å². The second-order valence-electron chi connectivity index (χ2n) is 12.2. The molecule has 0 unspecified atom stereocenters. The summed E-state index contributed by atoms with van der Waals surface area (Å²) in [7, 11) is 0. The van der Waals surface area contributed by atoms with Gasteiger partial charge in [-0.25, -0.2) is 0 Å². The van der Waals surface area contributed by atoms with Gasteiger partial charge in [0, 0.05) is 10.5 Å². The first kappa shape index (κ1) is 37.2. The first-order valence-electron chi connectivity index (χ1n) is 17.9. The zero-order chi connectivity index (χ0) is 30.6. The van der Waals surface area contributed by atoms with Crippen molar-refractivity contribution in [3.05, 3.63) is 65.7 Å². The molecule has 0 spiro atoms. The lowest BCUT2D eigenvalue weighted by Crippen LogP contribution is -1.99. The zero-order valence-electron chi connectivity index (χ0n) is 27.8. The topological polar surface area (TPSA) is 26.3 Å². The number of carbonyl (C=O) groups is 1. The number of allylic oxidation sites excluding steroid dienone is 1. The highest BCUT2D eigenvalue weighted by atomic mass is 32.2. The number of hydrogen-bond donors (Lipinski definition) is 0. The number of carbonyl (C=O) groups excluding carboxylic acids is 1. The summed E-state index contributed by atoms with van der Waals surface area (Å²) in [4.78, 5) is 13.9. The van der Waals surface area contributed by atoms with Gasteiger partial charge in [0.1, 0.15) is 5.75 Å². The van der Waals surface area contributed by atoms with Gasteiger partial charge in [0.25, 0.3) is 0 Å². The average Bonchev–Trinajstić information content (AvgIpc) is 3.03. The van der Waals surface area contributed by atoms with Crippen LogP contribution in [0.3, 0.4) is 0 Å². The summed E-state index contributed by atoms with van der Waals surface area (Å²) in [6.45, 7) is 5.26. The first-order chi connectivity index (χ1) is 21.2. The van der Waals surface area contributed by atoms with Crippen LogP contribution in [0, 0.1) is 0 Å². The molecule has 3 heteroatoms. The maximum absolute atomic E-state index is 12.6. The molecule has 0 saturated carbocycles. The van der Waals surface area contributed by atoms with Crippen molar-refractivity contribution in [3.63, 3.8) is 0 Å². The summed E-state index contributed by atoms with van der Waals surface area (Å²) in [6.07, 6.45) is 32.5. The van der Waals surface area contributed by atoms with Gasteiger partial charge in [-0.05, 0) is 66.6 Å². The minimum absolute atomic E-state index is 0.0201. The lowest BCUT2D eigenvalue weighted by molar-refractivity contribution is 0.104. The third kappa shape index (κ3) is 19.8. The van der Waals surface area contributed by atoms with Crippen LogP contribution in [0.15, 0.2) is 59.5 Å². The summed E-state index contributed by atoms with van der Waals surface area (Å²) in [5, 5.41) is 0. The van der Waals surface area contributed by atoms with Crippen LogP contribution in [0.25, 0.3) is 6.08 Å². The normalized spacial score (nSPS) is 11.4. The quantitative estimate of drug-likeness (QED) is 0.0417. The predicted octanol–water partition coefficient (Wildman–Crippen LogP) is 13.3. The maximum Gasteiger partial charge on any atom is 0.185 e. The fourth-order valence-corrected chi connectivity index (χ4v) is 6.36. The summed E-state index contributed by atoms with van der Waals surface area (Å²) < 4.78 is 5.92. The van der Waals surface area contributed by atoms with Gasteiger partial charge in [0.2, 0.25) is 0 Å². The van der Waals surface area contributed by atoms with E-state index < -0.39 is 0 Å². The smallest absolute Gasteiger partial charge is 0.185 e. The van der Waals surface area contributed by atoms with Gasteiger partial charge < -0.3 is 4.74 Å². The highest BCUT2D eigenvalue weighted by Crippen LogP contribution is 2.21. The Morgan fingerprint density at radius 1 is 0.581 bits per heavy atom. The largest absolute Gasteiger partial charge is 0.494 e. The van der Waals surface area contributed by atoms with E-state index in [2.05, 4.69) is 38.1 Å². The number of ketones is 1. The average molecular weight is 607 g/mol. The molecule has 240 valence electrons. The minimum Gasteiger partial charge on any atom is -0.494 e.